The highest BCUT2D eigenvalue weighted by molar-refractivity contribution is 7.89. The lowest BCUT2D eigenvalue weighted by Crippen LogP contribution is -2.31. The van der Waals surface area contributed by atoms with Crippen LogP contribution in [0.15, 0.2) is 53.4 Å². The Labute approximate surface area is 129 Å². The van der Waals surface area contributed by atoms with Gasteiger partial charge in [0.2, 0.25) is 10.0 Å². The molecule has 112 valence electrons. The summed E-state index contributed by atoms with van der Waals surface area (Å²) in [5.41, 5.74) is 1.18. The molecule has 0 spiro atoms. The fraction of sp³-hybridized carbons (Fsp3) is 0.200. The summed E-state index contributed by atoms with van der Waals surface area (Å²) in [6, 6.07) is 12.9. The number of sulfonamides is 1. The molecule has 0 radical (unpaired) electrons. The molecular formula is C15H16ClNO3S. The lowest BCUT2D eigenvalue weighted by Gasteiger charge is -2.18. The zero-order valence-electron chi connectivity index (χ0n) is 11.5. The van der Waals surface area contributed by atoms with Crippen LogP contribution in [0.2, 0.25) is 5.02 Å². The number of aliphatic hydroxyl groups excluding tert-OH is 1. The maximum Gasteiger partial charge on any atom is 0.241 e. The highest BCUT2D eigenvalue weighted by Gasteiger charge is 2.23. The maximum atomic E-state index is 12.5. The van der Waals surface area contributed by atoms with E-state index in [1.54, 1.807) is 43.3 Å². The Morgan fingerprint density at radius 3 is 2.43 bits per heavy atom. The molecule has 0 aliphatic rings. The van der Waals surface area contributed by atoms with Crippen molar-refractivity contribution in [3.63, 3.8) is 0 Å². The van der Waals surface area contributed by atoms with Crippen LogP contribution in [0.1, 0.15) is 17.2 Å². The van der Waals surface area contributed by atoms with E-state index in [0.717, 1.165) is 0 Å². The lowest BCUT2D eigenvalue weighted by atomic mass is 10.1. The maximum absolute atomic E-state index is 12.5. The van der Waals surface area contributed by atoms with E-state index in [1.165, 1.54) is 6.07 Å². The van der Waals surface area contributed by atoms with E-state index in [-0.39, 0.29) is 11.5 Å². The summed E-state index contributed by atoms with van der Waals surface area (Å²) in [5.74, 6) is 0. The Morgan fingerprint density at radius 1 is 1.14 bits per heavy atom. The quantitative estimate of drug-likeness (QED) is 0.888. The summed E-state index contributed by atoms with van der Waals surface area (Å²) in [5, 5.41) is 9.85. The Bertz CT molecular complexity index is 717. The summed E-state index contributed by atoms with van der Waals surface area (Å²) < 4.78 is 27.4. The first-order chi connectivity index (χ1) is 9.95. The number of hydrogen-bond acceptors (Lipinski definition) is 3. The zero-order chi connectivity index (χ0) is 15.5. The molecule has 2 aromatic rings. The fourth-order valence-electron chi connectivity index (χ4n) is 2.03. The molecule has 0 unspecified atom stereocenters. The van der Waals surface area contributed by atoms with Crippen LogP contribution in [-0.2, 0) is 10.0 Å². The van der Waals surface area contributed by atoms with Crippen molar-refractivity contribution >= 4 is 21.6 Å². The highest BCUT2D eigenvalue weighted by Crippen LogP contribution is 2.24. The third kappa shape index (κ3) is 3.63. The fourth-order valence-corrected chi connectivity index (χ4v) is 3.74. The van der Waals surface area contributed by atoms with Crippen molar-refractivity contribution in [2.45, 2.75) is 17.9 Å². The molecule has 1 atom stereocenters. The van der Waals surface area contributed by atoms with Gasteiger partial charge in [0, 0.05) is 5.02 Å². The predicted molar refractivity (Wildman–Crippen MR) is 82.8 cm³/mol. The van der Waals surface area contributed by atoms with Gasteiger partial charge in [0.05, 0.1) is 17.5 Å². The summed E-state index contributed by atoms with van der Waals surface area (Å²) in [6.45, 7) is 1.32. The molecule has 2 aromatic carbocycles. The average Bonchev–Trinajstić information content (AvgIpc) is 2.48. The Hall–Kier alpha value is -1.40. The van der Waals surface area contributed by atoms with Crippen molar-refractivity contribution in [1.82, 2.24) is 4.72 Å². The van der Waals surface area contributed by atoms with E-state index in [1.807, 2.05) is 6.07 Å². The number of hydrogen-bond donors (Lipinski definition) is 2. The van der Waals surface area contributed by atoms with Crippen LogP contribution in [-0.4, -0.2) is 20.1 Å². The first kappa shape index (κ1) is 16.0. The second-order valence-electron chi connectivity index (χ2n) is 4.63. The van der Waals surface area contributed by atoms with Crippen LogP contribution in [0.4, 0.5) is 0 Å². The topological polar surface area (TPSA) is 66.4 Å². The van der Waals surface area contributed by atoms with Gasteiger partial charge in [-0.25, -0.2) is 13.1 Å². The number of benzene rings is 2. The molecule has 0 aliphatic heterocycles. The zero-order valence-corrected chi connectivity index (χ0v) is 13.0. The van der Waals surface area contributed by atoms with Gasteiger partial charge in [-0.3, -0.25) is 0 Å². The summed E-state index contributed by atoms with van der Waals surface area (Å²) in [7, 11) is -3.77. The molecule has 21 heavy (non-hydrogen) atoms. The molecule has 0 heterocycles. The number of aliphatic hydroxyl groups is 1. The second kappa shape index (κ2) is 6.58. The Balaban J connectivity index is 2.34. The van der Waals surface area contributed by atoms with E-state index in [9.17, 15) is 13.5 Å². The van der Waals surface area contributed by atoms with Gasteiger partial charge in [0.1, 0.15) is 0 Å². The van der Waals surface area contributed by atoms with Crippen molar-refractivity contribution in [2.75, 3.05) is 6.61 Å². The smallest absolute Gasteiger partial charge is 0.241 e. The van der Waals surface area contributed by atoms with Gasteiger partial charge in [-0.05, 0) is 30.2 Å². The van der Waals surface area contributed by atoms with Crippen molar-refractivity contribution < 1.29 is 13.5 Å². The number of rotatable bonds is 5. The van der Waals surface area contributed by atoms with Crippen molar-refractivity contribution in [1.29, 1.82) is 0 Å². The normalized spacial score (nSPS) is 13.1. The number of nitrogens with one attached hydrogen (secondary N) is 1. The summed E-state index contributed by atoms with van der Waals surface area (Å²) in [6.07, 6.45) is 0. The van der Waals surface area contributed by atoms with E-state index in [2.05, 4.69) is 4.72 Å². The van der Waals surface area contributed by atoms with Crippen molar-refractivity contribution in [3.8, 4) is 0 Å². The molecule has 0 bridgehead atoms. The summed E-state index contributed by atoms with van der Waals surface area (Å²) in [4.78, 5) is 0.115. The molecule has 0 aliphatic carbocycles. The van der Waals surface area contributed by atoms with E-state index < -0.39 is 16.1 Å². The number of halogens is 1. The van der Waals surface area contributed by atoms with E-state index >= 15 is 0 Å². The largest absolute Gasteiger partial charge is 0.394 e. The highest BCUT2D eigenvalue weighted by atomic mass is 35.5. The third-order valence-corrected chi connectivity index (χ3v) is 5.22. The van der Waals surface area contributed by atoms with E-state index in [0.29, 0.717) is 16.1 Å². The van der Waals surface area contributed by atoms with Gasteiger partial charge in [-0.2, -0.15) is 0 Å². The third-order valence-electron chi connectivity index (χ3n) is 3.19. The molecule has 0 saturated carbocycles. The standard InChI is InChI=1S/C15H16ClNO3S/c1-11-13(16)8-5-9-15(11)21(19,20)17-14(10-18)12-6-3-2-4-7-12/h2-9,14,17-18H,10H2,1H3/t14-/m1/s1. The molecule has 2 N–H and O–H groups in total. The molecular weight excluding hydrogens is 310 g/mol. The van der Waals surface area contributed by atoms with Crippen LogP contribution < -0.4 is 4.72 Å². The molecule has 0 aromatic heterocycles. The Morgan fingerprint density at radius 2 is 1.81 bits per heavy atom. The van der Waals surface area contributed by atoms with Crippen LogP contribution in [0.25, 0.3) is 0 Å². The molecule has 0 fully saturated rings. The van der Waals surface area contributed by atoms with Crippen molar-refractivity contribution in [3.05, 3.63) is 64.7 Å². The Kier molecular flexibility index (Phi) is 5.00. The van der Waals surface area contributed by atoms with Gasteiger partial charge in [0.15, 0.2) is 0 Å². The monoisotopic (exact) mass is 325 g/mol. The van der Waals surface area contributed by atoms with Gasteiger partial charge >= 0.3 is 0 Å². The SMILES string of the molecule is Cc1c(Cl)cccc1S(=O)(=O)N[C@H](CO)c1ccccc1. The average molecular weight is 326 g/mol. The molecule has 0 saturated heterocycles. The minimum Gasteiger partial charge on any atom is -0.394 e. The van der Waals surface area contributed by atoms with Crippen LogP contribution in [0.5, 0.6) is 0 Å². The minimum atomic E-state index is -3.77. The molecule has 2 rings (SSSR count). The van der Waals surface area contributed by atoms with Crippen LogP contribution in [0.3, 0.4) is 0 Å². The van der Waals surface area contributed by atoms with Gasteiger partial charge in [0.25, 0.3) is 0 Å². The first-order valence-corrected chi connectivity index (χ1v) is 8.25. The van der Waals surface area contributed by atoms with Gasteiger partial charge in [-0.15, -0.1) is 0 Å². The first-order valence-electron chi connectivity index (χ1n) is 6.39. The molecule has 0 amide bonds. The molecule has 6 heteroatoms. The lowest BCUT2D eigenvalue weighted by molar-refractivity contribution is 0.259. The minimum absolute atomic E-state index is 0.115. The molecule has 4 nitrogen and oxygen atoms in total. The second-order valence-corrected chi connectivity index (χ2v) is 6.72. The van der Waals surface area contributed by atoms with Crippen LogP contribution in [0, 0.1) is 6.92 Å². The van der Waals surface area contributed by atoms with Crippen LogP contribution >= 0.6 is 11.6 Å². The summed E-state index contributed by atoms with van der Waals surface area (Å²) >= 11 is 5.97. The van der Waals surface area contributed by atoms with Gasteiger partial charge < -0.3 is 5.11 Å². The van der Waals surface area contributed by atoms with Crippen molar-refractivity contribution in [2.24, 2.45) is 0 Å². The van der Waals surface area contributed by atoms with Gasteiger partial charge in [-0.1, -0.05) is 48.0 Å². The van der Waals surface area contributed by atoms with E-state index in [4.69, 9.17) is 11.6 Å². The predicted octanol–water partition coefficient (Wildman–Crippen LogP) is 2.66.